The zero-order chi connectivity index (χ0) is 18.9. The van der Waals surface area contributed by atoms with Gasteiger partial charge in [-0.3, -0.25) is 4.79 Å². The Hall–Kier alpha value is -1.69. The number of hydrogen-bond acceptors (Lipinski definition) is 3. The lowest BCUT2D eigenvalue weighted by Crippen LogP contribution is -2.64. The number of aliphatic hydroxyl groups is 1. The molecule has 0 bridgehead atoms. The average molecular weight is 367 g/mol. The van der Waals surface area contributed by atoms with Crippen molar-refractivity contribution in [3.05, 3.63) is 29.3 Å². The Morgan fingerprint density at radius 2 is 2.08 bits per heavy atom. The summed E-state index contributed by atoms with van der Waals surface area (Å²) in [6.07, 6.45) is 0.738. The number of benzene rings is 1. The second-order valence-corrected chi connectivity index (χ2v) is 7.83. The summed E-state index contributed by atoms with van der Waals surface area (Å²) in [5, 5.41) is 9.26. The van der Waals surface area contributed by atoms with Gasteiger partial charge in [0.25, 0.3) is 6.43 Å². The molecule has 1 spiro atoms. The second kappa shape index (κ2) is 7.51. The highest BCUT2D eigenvalue weighted by Gasteiger charge is 2.53. The van der Waals surface area contributed by atoms with E-state index < -0.39 is 6.43 Å². The molecule has 1 aliphatic carbocycles. The standard InChI is InChI=1S/C20H27F2NO3/c1-3-14(10-24)19(25)23-11-20(12-23)8-13(9-20)6-15-4-5-16(26-2)7-17(15)18(21)22/h4-5,7,13-14,18,24H,3,6,8-12H2,1-2H3/t14-/m1/s1. The van der Waals surface area contributed by atoms with Crippen molar-refractivity contribution < 1.29 is 23.4 Å². The maximum absolute atomic E-state index is 13.3. The molecule has 1 heterocycles. The number of rotatable bonds is 7. The maximum atomic E-state index is 13.3. The van der Waals surface area contributed by atoms with E-state index in [1.165, 1.54) is 13.2 Å². The molecule has 1 N–H and O–H groups in total. The van der Waals surface area contributed by atoms with Crippen molar-refractivity contribution in [1.82, 2.24) is 4.90 Å². The van der Waals surface area contributed by atoms with Gasteiger partial charge < -0.3 is 14.7 Å². The van der Waals surface area contributed by atoms with Crippen LogP contribution in [0.3, 0.4) is 0 Å². The monoisotopic (exact) mass is 367 g/mol. The summed E-state index contributed by atoms with van der Waals surface area (Å²) in [4.78, 5) is 14.1. The van der Waals surface area contributed by atoms with Gasteiger partial charge in [-0.15, -0.1) is 0 Å². The number of hydrogen-bond donors (Lipinski definition) is 1. The van der Waals surface area contributed by atoms with E-state index in [2.05, 4.69) is 0 Å². The molecule has 144 valence electrons. The number of amides is 1. The molecule has 3 rings (SSSR count). The number of ether oxygens (including phenoxy) is 1. The van der Waals surface area contributed by atoms with Gasteiger partial charge in [-0.1, -0.05) is 13.0 Å². The lowest BCUT2D eigenvalue weighted by molar-refractivity contribution is -0.160. The van der Waals surface area contributed by atoms with Crippen LogP contribution in [0.4, 0.5) is 8.78 Å². The molecule has 4 nitrogen and oxygen atoms in total. The SMILES string of the molecule is CC[C@H](CO)C(=O)N1CC2(CC(Cc3ccc(OC)cc3C(F)F)C2)C1. The molecule has 1 saturated heterocycles. The first kappa shape index (κ1) is 19.1. The number of likely N-dealkylation sites (tertiary alicyclic amines) is 1. The number of carbonyl (C=O) groups is 1. The first-order valence-electron chi connectivity index (χ1n) is 9.26. The van der Waals surface area contributed by atoms with Crippen LogP contribution in [0.1, 0.15) is 43.7 Å². The predicted octanol–water partition coefficient (Wildman–Crippen LogP) is 3.43. The molecule has 26 heavy (non-hydrogen) atoms. The zero-order valence-electron chi connectivity index (χ0n) is 15.4. The minimum atomic E-state index is -2.50. The number of halogens is 2. The van der Waals surface area contributed by atoms with Crippen LogP contribution in [0.25, 0.3) is 0 Å². The van der Waals surface area contributed by atoms with Gasteiger partial charge in [0.1, 0.15) is 5.75 Å². The molecule has 1 aliphatic heterocycles. The highest BCUT2D eigenvalue weighted by molar-refractivity contribution is 5.80. The molecule has 1 amide bonds. The van der Waals surface area contributed by atoms with Crippen molar-refractivity contribution in [3.8, 4) is 5.75 Å². The molecule has 1 atom stereocenters. The highest BCUT2D eigenvalue weighted by Crippen LogP contribution is 2.53. The minimum absolute atomic E-state index is 0.0409. The van der Waals surface area contributed by atoms with Crippen LogP contribution in [0.15, 0.2) is 18.2 Å². The lowest BCUT2D eigenvalue weighted by atomic mass is 9.56. The molecule has 1 saturated carbocycles. The Morgan fingerprint density at radius 1 is 1.38 bits per heavy atom. The zero-order valence-corrected chi connectivity index (χ0v) is 15.4. The Kier molecular flexibility index (Phi) is 5.51. The van der Waals surface area contributed by atoms with Gasteiger partial charge in [0.15, 0.2) is 0 Å². The van der Waals surface area contributed by atoms with E-state index >= 15 is 0 Å². The molecule has 1 aromatic carbocycles. The minimum Gasteiger partial charge on any atom is -0.497 e. The van der Waals surface area contributed by atoms with E-state index in [4.69, 9.17) is 4.74 Å². The quantitative estimate of drug-likeness (QED) is 0.803. The fourth-order valence-corrected chi connectivity index (χ4v) is 4.53. The molecule has 2 fully saturated rings. The number of carbonyl (C=O) groups excluding carboxylic acids is 1. The van der Waals surface area contributed by atoms with E-state index in [1.807, 2.05) is 11.8 Å². The molecule has 0 radical (unpaired) electrons. The van der Waals surface area contributed by atoms with Gasteiger partial charge in [0.2, 0.25) is 5.91 Å². The summed E-state index contributed by atoms with van der Waals surface area (Å²) >= 11 is 0. The Bertz CT molecular complexity index is 646. The third-order valence-corrected chi connectivity index (χ3v) is 5.97. The van der Waals surface area contributed by atoms with Crippen LogP contribution in [-0.2, 0) is 11.2 Å². The largest absolute Gasteiger partial charge is 0.497 e. The van der Waals surface area contributed by atoms with Crippen LogP contribution in [0, 0.1) is 17.3 Å². The molecule has 0 aromatic heterocycles. The second-order valence-electron chi connectivity index (χ2n) is 7.83. The van der Waals surface area contributed by atoms with Crippen LogP contribution in [-0.4, -0.2) is 42.7 Å². The summed E-state index contributed by atoms with van der Waals surface area (Å²) in [6, 6.07) is 4.91. The summed E-state index contributed by atoms with van der Waals surface area (Å²) < 4.78 is 31.7. The Morgan fingerprint density at radius 3 is 2.62 bits per heavy atom. The van der Waals surface area contributed by atoms with Crippen molar-refractivity contribution in [3.63, 3.8) is 0 Å². The van der Waals surface area contributed by atoms with Gasteiger partial charge in [-0.25, -0.2) is 8.78 Å². The average Bonchev–Trinajstić information content (AvgIpc) is 2.56. The number of methoxy groups -OCH3 is 1. The van der Waals surface area contributed by atoms with Gasteiger partial charge in [-0.05, 0) is 49.3 Å². The molecular formula is C20H27F2NO3. The normalized spacial score (nSPS) is 20.0. The fraction of sp³-hybridized carbons (Fsp3) is 0.650. The van der Waals surface area contributed by atoms with E-state index in [0.29, 0.717) is 30.1 Å². The van der Waals surface area contributed by atoms with E-state index in [-0.39, 0.29) is 29.4 Å². The van der Waals surface area contributed by atoms with Gasteiger partial charge in [0, 0.05) is 24.1 Å². The van der Waals surface area contributed by atoms with Crippen molar-refractivity contribution in [1.29, 1.82) is 0 Å². The third kappa shape index (κ3) is 3.56. The smallest absolute Gasteiger partial charge is 0.264 e. The van der Waals surface area contributed by atoms with Crippen molar-refractivity contribution in [2.24, 2.45) is 17.3 Å². The summed E-state index contributed by atoms with van der Waals surface area (Å²) in [5.74, 6) is 0.588. The number of alkyl halides is 2. The first-order valence-corrected chi connectivity index (χ1v) is 9.26. The van der Waals surface area contributed by atoms with E-state index in [0.717, 1.165) is 25.9 Å². The summed E-state index contributed by atoms with van der Waals surface area (Å²) in [5.41, 5.74) is 0.926. The Balaban J connectivity index is 1.54. The number of nitrogens with zero attached hydrogens (tertiary/aromatic N) is 1. The first-order chi connectivity index (χ1) is 12.4. The lowest BCUT2D eigenvalue weighted by Gasteiger charge is -2.59. The molecule has 0 unspecified atom stereocenters. The third-order valence-electron chi connectivity index (χ3n) is 5.97. The van der Waals surface area contributed by atoms with Crippen molar-refractivity contribution in [2.75, 3.05) is 26.8 Å². The fourth-order valence-electron chi connectivity index (χ4n) is 4.53. The molecule has 2 aliphatic rings. The maximum Gasteiger partial charge on any atom is 0.264 e. The van der Waals surface area contributed by atoms with Gasteiger partial charge >= 0.3 is 0 Å². The van der Waals surface area contributed by atoms with E-state index in [9.17, 15) is 18.7 Å². The van der Waals surface area contributed by atoms with Gasteiger partial charge in [0.05, 0.1) is 19.6 Å². The van der Waals surface area contributed by atoms with E-state index in [1.54, 1.807) is 12.1 Å². The number of aliphatic hydroxyl groups excluding tert-OH is 1. The van der Waals surface area contributed by atoms with Crippen LogP contribution in [0.5, 0.6) is 5.75 Å². The molecule has 6 heteroatoms. The van der Waals surface area contributed by atoms with Crippen LogP contribution >= 0.6 is 0 Å². The predicted molar refractivity (Wildman–Crippen MR) is 94.3 cm³/mol. The van der Waals surface area contributed by atoms with Crippen LogP contribution in [0.2, 0.25) is 0 Å². The Labute approximate surface area is 153 Å². The highest BCUT2D eigenvalue weighted by atomic mass is 19.3. The topological polar surface area (TPSA) is 49.8 Å². The van der Waals surface area contributed by atoms with Crippen molar-refractivity contribution in [2.45, 2.75) is 39.0 Å². The summed E-state index contributed by atoms with van der Waals surface area (Å²) in [7, 11) is 1.48. The van der Waals surface area contributed by atoms with Crippen molar-refractivity contribution >= 4 is 5.91 Å². The van der Waals surface area contributed by atoms with Gasteiger partial charge in [-0.2, -0.15) is 0 Å². The molecule has 1 aromatic rings. The molecular weight excluding hydrogens is 340 g/mol. The van der Waals surface area contributed by atoms with Crippen LogP contribution < -0.4 is 4.74 Å². The summed E-state index contributed by atoms with van der Waals surface area (Å²) in [6.45, 7) is 3.28.